The largest absolute Gasteiger partial charge is 0.505 e. The fraction of sp³-hybridized carbons (Fsp3) is 0.238. The van der Waals surface area contributed by atoms with Crippen LogP contribution in [0.2, 0.25) is 5.02 Å². The van der Waals surface area contributed by atoms with Gasteiger partial charge >= 0.3 is 0 Å². The zero-order valence-corrected chi connectivity index (χ0v) is 18.3. The summed E-state index contributed by atoms with van der Waals surface area (Å²) in [7, 11) is 1.51. The highest BCUT2D eigenvalue weighted by atomic mass is 35.5. The first-order valence-corrected chi connectivity index (χ1v) is 10.4. The van der Waals surface area contributed by atoms with E-state index in [0.717, 1.165) is 17.5 Å². The number of anilines is 3. The molecule has 0 radical (unpaired) electrons. The SMILES string of the molecule is CCN(OC)Sc1c(Cl)ccc(Nc2c(NC(C)c3ccccc3)c(=O)c2=O)c1O. The highest BCUT2D eigenvalue weighted by molar-refractivity contribution is 7.97. The van der Waals surface area contributed by atoms with Gasteiger partial charge in [-0.1, -0.05) is 41.9 Å². The molecule has 0 bridgehead atoms. The van der Waals surface area contributed by atoms with Gasteiger partial charge in [0.25, 0.3) is 10.9 Å². The van der Waals surface area contributed by atoms with Gasteiger partial charge in [-0.2, -0.15) is 0 Å². The number of hydrogen-bond acceptors (Lipinski definition) is 8. The summed E-state index contributed by atoms with van der Waals surface area (Å²) < 4.78 is 1.54. The molecule has 0 spiro atoms. The Balaban J connectivity index is 1.86. The van der Waals surface area contributed by atoms with E-state index in [1.807, 2.05) is 44.2 Å². The summed E-state index contributed by atoms with van der Waals surface area (Å²) >= 11 is 7.35. The summed E-state index contributed by atoms with van der Waals surface area (Å²) in [5, 5.41) is 17.0. The highest BCUT2D eigenvalue weighted by Crippen LogP contribution is 2.43. The molecule has 1 atom stereocenters. The number of rotatable bonds is 9. The van der Waals surface area contributed by atoms with Crippen LogP contribution in [0.3, 0.4) is 0 Å². The average Bonchev–Trinajstić information content (AvgIpc) is 2.77. The second kappa shape index (κ2) is 9.53. The quantitative estimate of drug-likeness (QED) is 0.192. The van der Waals surface area contributed by atoms with E-state index in [1.54, 1.807) is 12.1 Å². The summed E-state index contributed by atoms with van der Waals surface area (Å²) in [5.41, 5.74) is 0.288. The third kappa shape index (κ3) is 4.46. The monoisotopic (exact) mass is 447 g/mol. The lowest BCUT2D eigenvalue weighted by Gasteiger charge is -2.21. The third-order valence-corrected chi connectivity index (χ3v) is 6.20. The molecule has 1 unspecified atom stereocenters. The van der Waals surface area contributed by atoms with Gasteiger partial charge in [-0.05, 0) is 43.5 Å². The number of phenols is 1. The van der Waals surface area contributed by atoms with Crippen molar-refractivity contribution < 1.29 is 9.94 Å². The minimum Gasteiger partial charge on any atom is -0.505 e. The smallest absolute Gasteiger partial charge is 0.253 e. The van der Waals surface area contributed by atoms with E-state index < -0.39 is 10.9 Å². The van der Waals surface area contributed by atoms with Crippen molar-refractivity contribution in [1.29, 1.82) is 0 Å². The van der Waals surface area contributed by atoms with Crippen LogP contribution in [0, 0.1) is 0 Å². The van der Waals surface area contributed by atoms with Gasteiger partial charge in [0, 0.05) is 12.6 Å². The molecule has 0 aromatic heterocycles. The Kier molecular flexibility index (Phi) is 7.04. The first kappa shape index (κ1) is 22.2. The van der Waals surface area contributed by atoms with Crippen LogP contribution in [0.15, 0.2) is 56.9 Å². The van der Waals surface area contributed by atoms with Crippen molar-refractivity contribution in [2.45, 2.75) is 24.8 Å². The number of benzene rings is 2. The maximum atomic E-state index is 12.2. The van der Waals surface area contributed by atoms with Gasteiger partial charge in [0.2, 0.25) is 0 Å². The van der Waals surface area contributed by atoms with Gasteiger partial charge in [-0.3, -0.25) is 14.4 Å². The number of halogens is 1. The van der Waals surface area contributed by atoms with E-state index in [2.05, 4.69) is 10.6 Å². The first-order chi connectivity index (χ1) is 14.4. The van der Waals surface area contributed by atoms with Crippen LogP contribution in [-0.2, 0) is 4.84 Å². The number of hydroxylamine groups is 1. The standard InChI is InChI=1S/C21H22ClN3O4S/c1-4-25(29-3)30-21-14(22)10-11-15(18(21)26)24-17-16(19(27)20(17)28)23-12(2)13-8-6-5-7-9-13/h5-12,23-24,26H,4H2,1-3H3. The fourth-order valence-corrected chi connectivity index (χ4v) is 3.91. The minimum atomic E-state index is -0.645. The highest BCUT2D eigenvalue weighted by Gasteiger charge is 2.25. The third-order valence-electron chi connectivity index (χ3n) is 4.57. The number of aromatic hydroxyl groups is 1. The van der Waals surface area contributed by atoms with Crippen molar-refractivity contribution in [3.8, 4) is 5.75 Å². The maximum absolute atomic E-state index is 12.2. The Morgan fingerprint density at radius 3 is 2.43 bits per heavy atom. The van der Waals surface area contributed by atoms with Gasteiger partial charge < -0.3 is 15.7 Å². The number of nitrogens with one attached hydrogen (secondary N) is 2. The van der Waals surface area contributed by atoms with Crippen LogP contribution in [0.4, 0.5) is 17.1 Å². The van der Waals surface area contributed by atoms with Crippen molar-refractivity contribution in [2.24, 2.45) is 0 Å². The van der Waals surface area contributed by atoms with Crippen molar-refractivity contribution in [3.63, 3.8) is 0 Å². The van der Waals surface area contributed by atoms with Crippen LogP contribution < -0.4 is 21.5 Å². The Labute approximate surface area is 183 Å². The lowest BCUT2D eigenvalue weighted by Crippen LogP contribution is -2.37. The molecule has 0 aliphatic heterocycles. The molecule has 0 saturated heterocycles. The van der Waals surface area contributed by atoms with Gasteiger partial charge in [-0.25, -0.2) is 0 Å². The maximum Gasteiger partial charge on any atom is 0.253 e. The van der Waals surface area contributed by atoms with Crippen LogP contribution in [-0.4, -0.2) is 23.2 Å². The molecule has 3 aromatic carbocycles. The molecule has 30 heavy (non-hydrogen) atoms. The lowest BCUT2D eigenvalue weighted by molar-refractivity contribution is -0.0333. The topological polar surface area (TPSA) is 90.9 Å². The molecule has 9 heteroatoms. The number of hydrogen-bond donors (Lipinski definition) is 3. The predicted octanol–water partition coefficient (Wildman–Crippen LogP) is 4.45. The predicted molar refractivity (Wildman–Crippen MR) is 121 cm³/mol. The van der Waals surface area contributed by atoms with Crippen molar-refractivity contribution in [2.75, 3.05) is 24.3 Å². The molecule has 158 valence electrons. The van der Waals surface area contributed by atoms with Crippen molar-refractivity contribution in [1.82, 2.24) is 4.47 Å². The molecule has 3 N–H and O–H groups in total. The van der Waals surface area contributed by atoms with Crippen LogP contribution >= 0.6 is 23.5 Å². The zero-order valence-electron chi connectivity index (χ0n) is 16.7. The van der Waals surface area contributed by atoms with Gasteiger partial charge in [0.05, 0.1) is 22.7 Å². The molecule has 0 fully saturated rings. The van der Waals surface area contributed by atoms with Crippen LogP contribution in [0.25, 0.3) is 0 Å². The molecular formula is C21H22ClN3O4S. The number of phenolic OH excluding ortho intramolecular Hbond substituents is 1. The van der Waals surface area contributed by atoms with Crippen LogP contribution in [0.5, 0.6) is 5.75 Å². The van der Waals surface area contributed by atoms with E-state index in [0.29, 0.717) is 16.5 Å². The van der Waals surface area contributed by atoms with Gasteiger partial charge in [0.1, 0.15) is 11.4 Å². The Hall–Kier alpha value is -2.52. The normalized spacial score (nSPS) is 12.3. The van der Waals surface area contributed by atoms with Gasteiger partial charge in [0.15, 0.2) is 5.75 Å². The average molecular weight is 448 g/mol. The van der Waals surface area contributed by atoms with E-state index in [1.165, 1.54) is 11.6 Å². The van der Waals surface area contributed by atoms with Crippen molar-refractivity contribution >= 4 is 40.6 Å². The lowest BCUT2D eigenvalue weighted by atomic mass is 10.1. The number of nitrogens with zero attached hydrogens (tertiary/aromatic N) is 1. The van der Waals surface area contributed by atoms with E-state index in [9.17, 15) is 14.7 Å². The van der Waals surface area contributed by atoms with Gasteiger partial charge in [-0.15, -0.1) is 4.47 Å². The first-order valence-electron chi connectivity index (χ1n) is 9.30. The minimum absolute atomic E-state index is 0.107. The molecule has 7 nitrogen and oxygen atoms in total. The van der Waals surface area contributed by atoms with E-state index >= 15 is 0 Å². The molecule has 0 aliphatic carbocycles. The Morgan fingerprint density at radius 1 is 1.13 bits per heavy atom. The second-order valence-electron chi connectivity index (χ2n) is 6.51. The Morgan fingerprint density at radius 2 is 1.80 bits per heavy atom. The molecule has 3 aromatic rings. The van der Waals surface area contributed by atoms with Crippen LogP contribution in [0.1, 0.15) is 25.5 Å². The van der Waals surface area contributed by atoms with E-state index in [-0.39, 0.29) is 28.9 Å². The molecular weight excluding hydrogens is 426 g/mol. The second-order valence-corrected chi connectivity index (χ2v) is 7.91. The molecule has 3 rings (SSSR count). The molecule has 0 amide bonds. The molecule has 0 aliphatic rings. The molecule has 0 heterocycles. The zero-order chi connectivity index (χ0) is 21.8. The summed E-state index contributed by atoms with van der Waals surface area (Å²) in [6, 6.07) is 12.5. The summed E-state index contributed by atoms with van der Waals surface area (Å²) in [6.45, 7) is 4.34. The summed E-state index contributed by atoms with van der Waals surface area (Å²) in [6.07, 6.45) is 0. The van der Waals surface area contributed by atoms with E-state index in [4.69, 9.17) is 16.4 Å². The fourth-order valence-electron chi connectivity index (χ4n) is 2.89. The molecule has 0 saturated carbocycles. The van der Waals surface area contributed by atoms with Crippen molar-refractivity contribution in [3.05, 3.63) is 73.5 Å². The summed E-state index contributed by atoms with van der Waals surface area (Å²) in [4.78, 5) is 29.9. The Bertz CT molecular complexity index is 1100. The summed E-state index contributed by atoms with van der Waals surface area (Å²) in [5.74, 6) is -0.141.